The zero-order chi connectivity index (χ0) is 18.2. The molecule has 5 rings (SSSR count). The Bertz CT molecular complexity index is 1100. The predicted molar refractivity (Wildman–Crippen MR) is 101 cm³/mol. The second-order valence-corrected chi connectivity index (χ2v) is 6.10. The normalized spacial score (nSPS) is 12.5. The molecule has 8 nitrogen and oxygen atoms in total. The summed E-state index contributed by atoms with van der Waals surface area (Å²) in [5.41, 5.74) is 2.63. The van der Waals surface area contributed by atoms with Crippen LogP contribution in [0.25, 0.3) is 11.0 Å². The number of aromatic nitrogens is 3. The average Bonchev–Trinajstić information content (AvgIpc) is 3.42. The van der Waals surface area contributed by atoms with Gasteiger partial charge in [0.1, 0.15) is 17.1 Å². The molecule has 0 atom stereocenters. The molecule has 0 bridgehead atoms. The lowest BCUT2D eigenvalue weighted by atomic mass is 10.2. The number of nitrogens with zero attached hydrogens (tertiary/aromatic N) is 3. The number of nitrogens with one attached hydrogen (secondary N) is 2. The summed E-state index contributed by atoms with van der Waals surface area (Å²) < 4.78 is 18.3. The molecule has 4 heterocycles. The minimum absolute atomic E-state index is 0.252. The molecular formula is C19H17N5O3. The lowest BCUT2D eigenvalue weighted by Crippen LogP contribution is -2.04. The Balaban J connectivity index is 1.50. The number of hydrogen-bond donors (Lipinski definition) is 2. The van der Waals surface area contributed by atoms with Gasteiger partial charge in [0.15, 0.2) is 11.5 Å². The van der Waals surface area contributed by atoms with Gasteiger partial charge in [-0.3, -0.25) is 0 Å². The van der Waals surface area contributed by atoms with Crippen molar-refractivity contribution in [3.63, 3.8) is 0 Å². The minimum atomic E-state index is 0.252. The standard InChI is InChI=1S/C19H17N5O3/c1-20-19-23-14-9-21-18(8-15(14)24(19)10-13-3-2-6-25-13)22-12-4-5-16-17(7-12)27-11-26-16/h2-9H,10-11H2,1H3,(H,20,23)(H,21,22). The van der Waals surface area contributed by atoms with E-state index in [1.165, 1.54) is 0 Å². The van der Waals surface area contributed by atoms with Crippen LogP contribution in [0.15, 0.2) is 53.3 Å². The number of fused-ring (bicyclic) bond motifs is 2. The summed E-state index contributed by atoms with van der Waals surface area (Å²) in [6.45, 7) is 0.828. The third-order valence-corrected chi connectivity index (χ3v) is 4.40. The molecule has 0 spiro atoms. The maximum absolute atomic E-state index is 5.49. The Morgan fingerprint density at radius 3 is 2.93 bits per heavy atom. The van der Waals surface area contributed by atoms with Crippen LogP contribution >= 0.6 is 0 Å². The molecule has 0 radical (unpaired) electrons. The number of ether oxygens (including phenoxy) is 2. The van der Waals surface area contributed by atoms with Gasteiger partial charge in [0.25, 0.3) is 0 Å². The summed E-state index contributed by atoms with van der Waals surface area (Å²) in [7, 11) is 1.85. The van der Waals surface area contributed by atoms with Gasteiger partial charge in [0, 0.05) is 24.9 Å². The molecule has 3 aromatic heterocycles. The molecule has 1 aromatic carbocycles. The topological polar surface area (TPSA) is 86.4 Å². The van der Waals surface area contributed by atoms with Crippen LogP contribution in [0.3, 0.4) is 0 Å². The summed E-state index contributed by atoms with van der Waals surface area (Å²) in [6, 6.07) is 11.5. The van der Waals surface area contributed by atoms with Crippen molar-refractivity contribution in [2.24, 2.45) is 0 Å². The lowest BCUT2D eigenvalue weighted by Gasteiger charge is -2.09. The van der Waals surface area contributed by atoms with Crippen molar-refractivity contribution in [3.8, 4) is 11.5 Å². The third-order valence-electron chi connectivity index (χ3n) is 4.40. The van der Waals surface area contributed by atoms with E-state index < -0.39 is 0 Å². The highest BCUT2D eigenvalue weighted by Crippen LogP contribution is 2.35. The molecule has 27 heavy (non-hydrogen) atoms. The summed E-state index contributed by atoms with van der Waals surface area (Å²) in [5.74, 6) is 3.79. The van der Waals surface area contributed by atoms with Crippen molar-refractivity contribution in [3.05, 3.63) is 54.6 Å². The molecule has 2 N–H and O–H groups in total. The van der Waals surface area contributed by atoms with Gasteiger partial charge in [-0.25, -0.2) is 9.97 Å². The monoisotopic (exact) mass is 363 g/mol. The molecule has 4 aromatic rings. The highest BCUT2D eigenvalue weighted by Gasteiger charge is 2.15. The fourth-order valence-electron chi connectivity index (χ4n) is 3.13. The predicted octanol–water partition coefficient (Wildman–Crippen LogP) is 3.59. The summed E-state index contributed by atoms with van der Waals surface area (Å²) in [5, 5.41) is 6.43. The Labute approximate surface area is 154 Å². The quantitative estimate of drug-likeness (QED) is 0.560. The molecule has 1 aliphatic heterocycles. The van der Waals surface area contributed by atoms with Gasteiger partial charge in [0.2, 0.25) is 12.7 Å². The van der Waals surface area contributed by atoms with Gasteiger partial charge in [-0.2, -0.15) is 0 Å². The van der Waals surface area contributed by atoms with Crippen molar-refractivity contribution in [1.82, 2.24) is 14.5 Å². The maximum Gasteiger partial charge on any atom is 0.231 e. The summed E-state index contributed by atoms with van der Waals surface area (Å²) in [4.78, 5) is 9.06. The zero-order valence-electron chi connectivity index (χ0n) is 14.6. The van der Waals surface area contributed by atoms with Crippen molar-refractivity contribution < 1.29 is 13.9 Å². The minimum Gasteiger partial charge on any atom is -0.467 e. The van der Waals surface area contributed by atoms with E-state index in [9.17, 15) is 0 Å². The Morgan fingerprint density at radius 2 is 2.07 bits per heavy atom. The number of hydrogen-bond acceptors (Lipinski definition) is 7. The molecule has 0 saturated carbocycles. The van der Waals surface area contributed by atoms with Gasteiger partial charge in [0.05, 0.1) is 24.5 Å². The van der Waals surface area contributed by atoms with Crippen LogP contribution < -0.4 is 20.1 Å². The molecule has 8 heteroatoms. The molecule has 0 unspecified atom stereocenters. The van der Waals surface area contributed by atoms with Crippen LogP contribution in [-0.4, -0.2) is 28.4 Å². The number of rotatable bonds is 5. The highest BCUT2D eigenvalue weighted by atomic mass is 16.7. The molecule has 0 saturated heterocycles. The maximum atomic E-state index is 5.49. The van der Waals surface area contributed by atoms with Crippen LogP contribution in [0.2, 0.25) is 0 Å². The number of imidazole rings is 1. The second-order valence-electron chi connectivity index (χ2n) is 6.10. The third kappa shape index (κ3) is 2.80. The van der Waals surface area contributed by atoms with Crippen LogP contribution in [0.5, 0.6) is 11.5 Å². The number of benzene rings is 1. The molecule has 136 valence electrons. The van der Waals surface area contributed by atoms with E-state index in [1.54, 1.807) is 12.5 Å². The Kier molecular flexibility index (Phi) is 3.60. The van der Waals surface area contributed by atoms with Crippen molar-refractivity contribution >= 4 is 28.5 Å². The molecule has 0 amide bonds. The highest BCUT2D eigenvalue weighted by molar-refractivity contribution is 5.81. The first-order chi connectivity index (χ1) is 13.3. The lowest BCUT2D eigenvalue weighted by molar-refractivity contribution is 0.174. The first-order valence-corrected chi connectivity index (χ1v) is 8.53. The van der Waals surface area contributed by atoms with Crippen molar-refractivity contribution in [2.75, 3.05) is 24.5 Å². The summed E-state index contributed by atoms with van der Waals surface area (Å²) >= 11 is 0. The van der Waals surface area contributed by atoms with Crippen LogP contribution in [0.4, 0.5) is 17.5 Å². The SMILES string of the molecule is CNc1nc2cnc(Nc3ccc4c(c3)OCO4)cc2n1Cc1ccco1. The first-order valence-electron chi connectivity index (χ1n) is 8.53. The molecule has 0 fully saturated rings. The molecule has 1 aliphatic rings. The van der Waals surface area contributed by atoms with E-state index in [2.05, 4.69) is 25.2 Å². The van der Waals surface area contributed by atoms with E-state index in [-0.39, 0.29) is 6.79 Å². The summed E-state index contributed by atoms with van der Waals surface area (Å²) in [6.07, 6.45) is 3.42. The zero-order valence-corrected chi connectivity index (χ0v) is 14.6. The van der Waals surface area contributed by atoms with Crippen LogP contribution in [-0.2, 0) is 6.54 Å². The van der Waals surface area contributed by atoms with E-state index >= 15 is 0 Å². The van der Waals surface area contributed by atoms with E-state index in [0.29, 0.717) is 12.4 Å². The van der Waals surface area contributed by atoms with Crippen LogP contribution in [0.1, 0.15) is 5.76 Å². The second kappa shape index (κ2) is 6.24. The van der Waals surface area contributed by atoms with Gasteiger partial charge in [-0.15, -0.1) is 0 Å². The fraction of sp³-hybridized carbons (Fsp3) is 0.158. The van der Waals surface area contributed by atoms with Crippen molar-refractivity contribution in [2.45, 2.75) is 6.54 Å². The van der Waals surface area contributed by atoms with E-state index in [4.69, 9.17) is 13.9 Å². The van der Waals surface area contributed by atoms with E-state index in [1.807, 2.05) is 43.4 Å². The average molecular weight is 363 g/mol. The number of furan rings is 1. The Hall–Kier alpha value is -3.68. The number of anilines is 3. The molecular weight excluding hydrogens is 346 g/mol. The van der Waals surface area contributed by atoms with Crippen LogP contribution in [0, 0.1) is 0 Å². The smallest absolute Gasteiger partial charge is 0.231 e. The van der Waals surface area contributed by atoms with Gasteiger partial charge >= 0.3 is 0 Å². The Morgan fingerprint density at radius 1 is 1.15 bits per heavy atom. The largest absolute Gasteiger partial charge is 0.467 e. The van der Waals surface area contributed by atoms with Gasteiger partial charge < -0.3 is 29.1 Å². The van der Waals surface area contributed by atoms with E-state index in [0.717, 1.165) is 39.9 Å². The van der Waals surface area contributed by atoms with Crippen molar-refractivity contribution in [1.29, 1.82) is 0 Å². The number of pyridine rings is 1. The van der Waals surface area contributed by atoms with Gasteiger partial charge in [-0.1, -0.05) is 0 Å². The fourth-order valence-corrected chi connectivity index (χ4v) is 3.13. The van der Waals surface area contributed by atoms with Gasteiger partial charge in [-0.05, 0) is 24.3 Å². The first kappa shape index (κ1) is 15.6. The molecule has 0 aliphatic carbocycles.